The summed E-state index contributed by atoms with van der Waals surface area (Å²) in [5.74, 6) is 5.52. The summed E-state index contributed by atoms with van der Waals surface area (Å²) in [6.07, 6.45) is 1.55. The SMILES string of the molecule is CS(=O)(=O)c1cccc(C#CCCO)c1. The zero-order chi connectivity index (χ0) is 11.3. The maximum Gasteiger partial charge on any atom is 0.175 e. The minimum atomic E-state index is -3.17. The molecule has 1 rings (SSSR count). The Balaban J connectivity index is 3.00. The minimum absolute atomic E-state index is 0.0127. The Hall–Kier alpha value is -1.31. The number of rotatable bonds is 2. The van der Waals surface area contributed by atoms with Crippen LogP contribution in [0.5, 0.6) is 0 Å². The zero-order valence-electron chi connectivity index (χ0n) is 8.40. The van der Waals surface area contributed by atoms with Crippen molar-refractivity contribution < 1.29 is 13.5 Å². The lowest BCUT2D eigenvalue weighted by atomic mass is 10.2. The van der Waals surface area contributed by atoms with Crippen molar-refractivity contribution in [1.29, 1.82) is 0 Å². The molecule has 4 heteroatoms. The van der Waals surface area contributed by atoms with E-state index in [2.05, 4.69) is 11.8 Å². The van der Waals surface area contributed by atoms with Gasteiger partial charge in [-0.2, -0.15) is 0 Å². The normalized spacial score (nSPS) is 10.5. The first-order valence-electron chi connectivity index (χ1n) is 4.44. The van der Waals surface area contributed by atoms with E-state index in [1.54, 1.807) is 12.1 Å². The third kappa shape index (κ3) is 3.74. The van der Waals surface area contributed by atoms with Crippen molar-refractivity contribution in [1.82, 2.24) is 0 Å². The van der Waals surface area contributed by atoms with Crippen molar-refractivity contribution in [3.8, 4) is 11.8 Å². The van der Waals surface area contributed by atoms with E-state index in [0.29, 0.717) is 12.0 Å². The molecule has 1 N–H and O–H groups in total. The monoisotopic (exact) mass is 224 g/mol. The maximum absolute atomic E-state index is 11.2. The standard InChI is InChI=1S/C11H12O3S/c1-15(13,14)11-7-4-6-10(9-11)5-2-3-8-12/h4,6-7,9,12H,3,8H2,1H3. The average Bonchev–Trinajstić information content (AvgIpc) is 2.17. The molecule has 0 unspecified atom stereocenters. The molecule has 0 saturated carbocycles. The molecular weight excluding hydrogens is 212 g/mol. The van der Waals surface area contributed by atoms with Crippen LogP contribution in [0.25, 0.3) is 0 Å². The molecule has 80 valence electrons. The molecule has 1 aromatic carbocycles. The van der Waals surface area contributed by atoms with Crippen LogP contribution in [0.4, 0.5) is 0 Å². The highest BCUT2D eigenvalue weighted by Gasteiger charge is 2.05. The van der Waals surface area contributed by atoms with Crippen LogP contribution in [0.15, 0.2) is 29.2 Å². The molecule has 1 aromatic rings. The maximum atomic E-state index is 11.2. The smallest absolute Gasteiger partial charge is 0.175 e. The van der Waals surface area contributed by atoms with Gasteiger partial charge >= 0.3 is 0 Å². The first-order chi connectivity index (χ1) is 7.04. The molecule has 15 heavy (non-hydrogen) atoms. The molecule has 0 heterocycles. The Labute approximate surface area is 89.7 Å². The first-order valence-corrected chi connectivity index (χ1v) is 6.33. The van der Waals surface area contributed by atoms with Gasteiger partial charge in [-0.1, -0.05) is 17.9 Å². The fourth-order valence-electron chi connectivity index (χ4n) is 1.02. The van der Waals surface area contributed by atoms with Crippen LogP contribution in [0, 0.1) is 11.8 Å². The molecule has 0 spiro atoms. The van der Waals surface area contributed by atoms with Crippen molar-refractivity contribution in [2.24, 2.45) is 0 Å². The van der Waals surface area contributed by atoms with Gasteiger partial charge in [0.2, 0.25) is 0 Å². The summed E-state index contributed by atoms with van der Waals surface area (Å²) in [5, 5.41) is 8.53. The first kappa shape index (κ1) is 11.8. The van der Waals surface area contributed by atoms with Gasteiger partial charge in [-0.15, -0.1) is 0 Å². The van der Waals surface area contributed by atoms with E-state index in [0.717, 1.165) is 6.26 Å². The van der Waals surface area contributed by atoms with Crippen molar-refractivity contribution in [3.05, 3.63) is 29.8 Å². The highest BCUT2D eigenvalue weighted by atomic mass is 32.2. The predicted molar refractivity (Wildman–Crippen MR) is 58.1 cm³/mol. The largest absolute Gasteiger partial charge is 0.395 e. The van der Waals surface area contributed by atoms with Crippen LogP contribution >= 0.6 is 0 Å². The van der Waals surface area contributed by atoms with Crippen molar-refractivity contribution in [2.45, 2.75) is 11.3 Å². The molecule has 0 aliphatic carbocycles. The van der Waals surface area contributed by atoms with Crippen molar-refractivity contribution in [3.63, 3.8) is 0 Å². The average molecular weight is 224 g/mol. The Morgan fingerprint density at radius 1 is 1.40 bits per heavy atom. The predicted octanol–water partition coefficient (Wildman–Crippen LogP) is 0.824. The second kappa shape index (κ2) is 4.96. The molecule has 0 fully saturated rings. The van der Waals surface area contributed by atoms with E-state index in [9.17, 15) is 8.42 Å². The van der Waals surface area contributed by atoms with Crippen LogP contribution in [-0.4, -0.2) is 26.4 Å². The van der Waals surface area contributed by atoms with Crippen LogP contribution in [0.3, 0.4) is 0 Å². The number of hydrogen-bond acceptors (Lipinski definition) is 3. The summed E-state index contributed by atoms with van der Waals surface area (Å²) in [7, 11) is -3.17. The molecular formula is C11H12O3S. The van der Waals surface area contributed by atoms with E-state index in [-0.39, 0.29) is 11.5 Å². The van der Waals surface area contributed by atoms with Crippen LogP contribution in [0.1, 0.15) is 12.0 Å². The lowest BCUT2D eigenvalue weighted by Gasteiger charge is -1.97. The van der Waals surface area contributed by atoms with Crippen LogP contribution < -0.4 is 0 Å². The van der Waals surface area contributed by atoms with E-state index < -0.39 is 9.84 Å². The van der Waals surface area contributed by atoms with E-state index in [1.807, 2.05) is 0 Å². The summed E-state index contributed by atoms with van der Waals surface area (Å²) < 4.78 is 22.5. The summed E-state index contributed by atoms with van der Waals surface area (Å²) in [5.41, 5.74) is 0.645. The fourth-order valence-corrected chi connectivity index (χ4v) is 1.69. The molecule has 0 bridgehead atoms. The van der Waals surface area contributed by atoms with Gasteiger partial charge in [0.25, 0.3) is 0 Å². The second-order valence-corrected chi connectivity index (χ2v) is 5.09. The van der Waals surface area contributed by atoms with Gasteiger partial charge < -0.3 is 5.11 Å². The molecule has 0 atom stereocenters. The van der Waals surface area contributed by atoms with E-state index in [4.69, 9.17) is 5.11 Å². The Kier molecular flexibility index (Phi) is 3.89. The van der Waals surface area contributed by atoms with Gasteiger partial charge in [0.1, 0.15) is 0 Å². The molecule has 0 amide bonds. The zero-order valence-corrected chi connectivity index (χ0v) is 9.21. The number of benzene rings is 1. The van der Waals surface area contributed by atoms with Gasteiger partial charge in [0.15, 0.2) is 9.84 Å². The van der Waals surface area contributed by atoms with Crippen LogP contribution in [0.2, 0.25) is 0 Å². The summed E-state index contributed by atoms with van der Waals surface area (Å²) in [6.45, 7) is 0.0127. The Bertz CT molecular complexity index is 492. The quantitative estimate of drug-likeness (QED) is 0.757. The van der Waals surface area contributed by atoms with Gasteiger partial charge in [-0.05, 0) is 18.2 Å². The molecule has 0 aromatic heterocycles. The lowest BCUT2D eigenvalue weighted by molar-refractivity contribution is 0.305. The third-order valence-electron chi connectivity index (χ3n) is 1.73. The minimum Gasteiger partial charge on any atom is -0.395 e. The third-order valence-corrected chi connectivity index (χ3v) is 2.84. The molecule has 0 saturated heterocycles. The Morgan fingerprint density at radius 2 is 2.13 bits per heavy atom. The molecule has 3 nitrogen and oxygen atoms in total. The van der Waals surface area contributed by atoms with Gasteiger partial charge in [-0.3, -0.25) is 0 Å². The lowest BCUT2D eigenvalue weighted by Crippen LogP contribution is -1.96. The highest BCUT2D eigenvalue weighted by molar-refractivity contribution is 7.90. The fraction of sp³-hybridized carbons (Fsp3) is 0.273. The van der Waals surface area contributed by atoms with Gasteiger partial charge in [0, 0.05) is 18.2 Å². The highest BCUT2D eigenvalue weighted by Crippen LogP contribution is 2.10. The van der Waals surface area contributed by atoms with Crippen LogP contribution in [-0.2, 0) is 9.84 Å². The molecule has 0 radical (unpaired) electrons. The topological polar surface area (TPSA) is 54.4 Å². The number of hydrogen-bond donors (Lipinski definition) is 1. The Morgan fingerprint density at radius 3 is 2.73 bits per heavy atom. The van der Waals surface area contributed by atoms with Gasteiger partial charge in [0.05, 0.1) is 11.5 Å². The summed E-state index contributed by atoms with van der Waals surface area (Å²) in [6, 6.07) is 6.45. The number of aliphatic hydroxyl groups is 1. The van der Waals surface area contributed by atoms with Crippen molar-refractivity contribution >= 4 is 9.84 Å². The van der Waals surface area contributed by atoms with E-state index >= 15 is 0 Å². The number of aliphatic hydroxyl groups excluding tert-OH is 1. The van der Waals surface area contributed by atoms with Gasteiger partial charge in [-0.25, -0.2) is 8.42 Å². The second-order valence-electron chi connectivity index (χ2n) is 3.08. The molecule has 0 aliphatic heterocycles. The summed E-state index contributed by atoms with van der Waals surface area (Å²) >= 11 is 0. The molecule has 0 aliphatic rings. The van der Waals surface area contributed by atoms with E-state index in [1.165, 1.54) is 12.1 Å². The van der Waals surface area contributed by atoms with Crippen molar-refractivity contribution in [2.75, 3.05) is 12.9 Å². The summed E-state index contributed by atoms with van der Waals surface area (Å²) in [4.78, 5) is 0.262. The number of sulfone groups is 1.